The van der Waals surface area contributed by atoms with Crippen LogP contribution in [-0.2, 0) is 19.4 Å². The average Bonchev–Trinajstić information content (AvgIpc) is 3.01. The van der Waals surface area contributed by atoms with E-state index in [1.165, 1.54) is 5.56 Å². The van der Waals surface area contributed by atoms with Crippen molar-refractivity contribution in [2.75, 3.05) is 6.61 Å². The Labute approximate surface area is 244 Å². The van der Waals surface area contributed by atoms with Crippen LogP contribution in [0.4, 0.5) is 0 Å². The number of aliphatic hydroxyl groups is 1. The molecule has 2 unspecified atom stereocenters. The summed E-state index contributed by atoms with van der Waals surface area (Å²) in [6.45, 7) is 6.55. The van der Waals surface area contributed by atoms with Gasteiger partial charge in [-0.2, -0.15) is 0 Å². The molecule has 0 spiro atoms. The smallest absolute Gasteiger partial charge is 0.251 e. The van der Waals surface area contributed by atoms with Gasteiger partial charge in [0.15, 0.2) is 0 Å². The SMILES string of the molecule is CC.Cc1cccc(CC(CO)C(Cc2ccccc2)NC(=O)c2ccc(-c3cccc(CN)c3)cc2)c1.N=CN. The van der Waals surface area contributed by atoms with Crippen molar-refractivity contribution in [1.82, 2.24) is 5.32 Å². The van der Waals surface area contributed by atoms with Crippen LogP contribution in [0.1, 0.15) is 46.5 Å². The molecule has 6 heteroatoms. The number of aryl methyl sites for hydroxylation is 1. The predicted octanol–water partition coefficient (Wildman–Crippen LogP) is 5.89. The Bertz CT molecular complexity index is 1320. The summed E-state index contributed by atoms with van der Waals surface area (Å²) in [5.74, 6) is -0.255. The van der Waals surface area contributed by atoms with E-state index in [0.717, 1.165) is 34.2 Å². The van der Waals surface area contributed by atoms with Gasteiger partial charge < -0.3 is 21.9 Å². The van der Waals surface area contributed by atoms with Crippen molar-refractivity contribution in [2.24, 2.45) is 17.4 Å². The Balaban J connectivity index is 0.00000110. The van der Waals surface area contributed by atoms with E-state index in [4.69, 9.17) is 11.1 Å². The lowest BCUT2D eigenvalue weighted by molar-refractivity contribution is 0.0903. The Kier molecular flexibility index (Phi) is 14.6. The monoisotopic (exact) mass is 552 g/mol. The Morgan fingerprint density at radius 2 is 1.44 bits per heavy atom. The van der Waals surface area contributed by atoms with E-state index in [0.29, 0.717) is 24.9 Å². The maximum atomic E-state index is 13.3. The molecule has 0 aromatic heterocycles. The van der Waals surface area contributed by atoms with E-state index in [1.807, 2.05) is 80.6 Å². The molecule has 0 bridgehead atoms. The quantitative estimate of drug-likeness (QED) is 0.124. The summed E-state index contributed by atoms with van der Waals surface area (Å²) in [6.07, 6.45) is 2.08. The van der Waals surface area contributed by atoms with Crippen LogP contribution in [0.25, 0.3) is 11.1 Å². The van der Waals surface area contributed by atoms with E-state index in [9.17, 15) is 9.90 Å². The zero-order valence-electron chi connectivity index (χ0n) is 24.4. The molecule has 0 aliphatic carbocycles. The molecule has 4 aromatic rings. The van der Waals surface area contributed by atoms with Crippen molar-refractivity contribution < 1.29 is 9.90 Å². The molecule has 0 fully saturated rings. The van der Waals surface area contributed by atoms with E-state index < -0.39 is 0 Å². The molecular formula is C35H44N4O2. The average molecular weight is 553 g/mol. The molecule has 4 rings (SSSR count). The van der Waals surface area contributed by atoms with Crippen LogP contribution in [0.2, 0.25) is 0 Å². The van der Waals surface area contributed by atoms with Gasteiger partial charge in [-0.15, -0.1) is 0 Å². The van der Waals surface area contributed by atoms with Crippen LogP contribution in [0.5, 0.6) is 0 Å². The molecule has 0 aliphatic rings. The Morgan fingerprint density at radius 3 is 2.05 bits per heavy atom. The zero-order valence-corrected chi connectivity index (χ0v) is 24.4. The fourth-order valence-electron chi connectivity index (χ4n) is 4.62. The topological polar surface area (TPSA) is 125 Å². The number of nitrogens with one attached hydrogen (secondary N) is 2. The van der Waals surface area contributed by atoms with E-state index in [2.05, 4.69) is 54.4 Å². The minimum atomic E-state index is -0.216. The number of hydrogen-bond donors (Lipinski definition) is 5. The standard InChI is InChI=1S/C32H34N2O2.C2H6.CH4N2/c1-23-7-5-10-25(17-23)18-30(22-35)31(20-24-8-3-2-4-9-24)34-32(36)28-15-13-27(14-16-28)29-12-6-11-26(19-29)21-33;1-2;2-1-3/h2-17,19,30-31,35H,18,20-22,33H2,1H3,(H,34,36);1-2H3;1H,(H3,2,3). The second-order valence-electron chi connectivity index (χ2n) is 9.55. The first-order valence-electron chi connectivity index (χ1n) is 14.1. The molecule has 6 nitrogen and oxygen atoms in total. The number of benzene rings is 4. The molecule has 0 saturated heterocycles. The van der Waals surface area contributed by atoms with Gasteiger partial charge in [-0.25, -0.2) is 0 Å². The van der Waals surface area contributed by atoms with Gasteiger partial charge in [-0.05, 0) is 65.8 Å². The maximum absolute atomic E-state index is 13.3. The molecule has 0 saturated carbocycles. The van der Waals surface area contributed by atoms with Crippen LogP contribution >= 0.6 is 0 Å². The molecule has 1 amide bonds. The highest BCUT2D eigenvalue weighted by Crippen LogP contribution is 2.22. The first kappa shape index (κ1) is 32.9. The Hall–Kier alpha value is -4.26. The van der Waals surface area contributed by atoms with Crippen LogP contribution in [0.3, 0.4) is 0 Å². The first-order valence-corrected chi connectivity index (χ1v) is 14.1. The molecular weight excluding hydrogens is 508 g/mol. The summed E-state index contributed by atoms with van der Waals surface area (Å²) in [6, 6.07) is 34.0. The highest BCUT2D eigenvalue weighted by Gasteiger charge is 2.24. The number of aliphatic hydroxyl groups excluding tert-OH is 1. The lowest BCUT2D eigenvalue weighted by Crippen LogP contribution is -2.44. The number of carbonyl (C=O) groups excluding carboxylic acids is 1. The van der Waals surface area contributed by atoms with E-state index in [-0.39, 0.29) is 24.5 Å². The predicted molar refractivity (Wildman–Crippen MR) is 171 cm³/mol. The normalized spacial score (nSPS) is 11.5. The van der Waals surface area contributed by atoms with Gasteiger partial charge in [0.05, 0.1) is 6.34 Å². The van der Waals surface area contributed by atoms with Crippen molar-refractivity contribution in [3.8, 4) is 11.1 Å². The van der Waals surface area contributed by atoms with Crippen LogP contribution in [-0.4, -0.2) is 30.0 Å². The van der Waals surface area contributed by atoms with Gasteiger partial charge in [0.2, 0.25) is 0 Å². The highest BCUT2D eigenvalue weighted by atomic mass is 16.3. The number of rotatable bonds is 10. The van der Waals surface area contributed by atoms with Crippen molar-refractivity contribution >= 4 is 12.2 Å². The lowest BCUT2D eigenvalue weighted by Gasteiger charge is -2.27. The molecule has 41 heavy (non-hydrogen) atoms. The molecule has 7 N–H and O–H groups in total. The molecule has 0 radical (unpaired) electrons. The summed E-state index contributed by atoms with van der Waals surface area (Å²) < 4.78 is 0. The summed E-state index contributed by atoms with van der Waals surface area (Å²) in [7, 11) is 0. The van der Waals surface area contributed by atoms with Crippen molar-refractivity contribution in [1.29, 1.82) is 5.41 Å². The summed E-state index contributed by atoms with van der Waals surface area (Å²) >= 11 is 0. The van der Waals surface area contributed by atoms with Crippen molar-refractivity contribution in [2.45, 2.75) is 46.2 Å². The van der Waals surface area contributed by atoms with Gasteiger partial charge in [-0.1, -0.05) is 104 Å². The van der Waals surface area contributed by atoms with Crippen molar-refractivity contribution in [3.05, 3.63) is 131 Å². The van der Waals surface area contributed by atoms with Crippen molar-refractivity contribution in [3.63, 3.8) is 0 Å². The van der Waals surface area contributed by atoms with Gasteiger partial charge in [0.1, 0.15) is 0 Å². The Morgan fingerprint density at radius 1 is 0.829 bits per heavy atom. The largest absolute Gasteiger partial charge is 0.396 e. The van der Waals surface area contributed by atoms with Gasteiger partial charge in [0, 0.05) is 30.7 Å². The third-order valence-electron chi connectivity index (χ3n) is 6.64. The molecule has 216 valence electrons. The first-order chi connectivity index (χ1) is 20.0. The maximum Gasteiger partial charge on any atom is 0.251 e. The lowest BCUT2D eigenvalue weighted by atomic mass is 9.88. The van der Waals surface area contributed by atoms with E-state index >= 15 is 0 Å². The van der Waals surface area contributed by atoms with Gasteiger partial charge in [-0.3, -0.25) is 10.2 Å². The van der Waals surface area contributed by atoms with E-state index in [1.54, 1.807) is 0 Å². The van der Waals surface area contributed by atoms with Crippen LogP contribution in [0.15, 0.2) is 103 Å². The molecule has 2 atom stereocenters. The molecule has 0 aliphatic heterocycles. The minimum Gasteiger partial charge on any atom is -0.396 e. The van der Waals surface area contributed by atoms with Crippen LogP contribution in [0, 0.1) is 18.3 Å². The molecule has 0 heterocycles. The number of amides is 1. The third kappa shape index (κ3) is 10.7. The number of hydrogen-bond acceptors (Lipinski definition) is 4. The number of nitrogens with two attached hydrogens (primary N) is 2. The fourth-order valence-corrected chi connectivity index (χ4v) is 4.62. The van der Waals surface area contributed by atoms with Crippen LogP contribution < -0.4 is 16.8 Å². The van der Waals surface area contributed by atoms with Gasteiger partial charge >= 0.3 is 0 Å². The summed E-state index contributed by atoms with van der Waals surface area (Å²) in [5, 5.41) is 19.4. The van der Waals surface area contributed by atoms with Gasteiger partial charge in [0.25, 0.3) is 5.91 Å². The second-order valence-corrected chi connectivity index (χ2v) is 9.55. The third-order valence-corrected chi connectivity index (χ3v) is 6.64. The fraction of sp³-hybridized carbons (Fsp3) is 0.257. The second kappa shape index (κ2) is 18.2. The molecule has 4 aromatic carbocycles. The summed E-state index contributed by atoms with van der Waals surface area (Å²) in [4.78, 5) is 13.3. The zero-order chi connectivity index (χ0) is 30.0. The number of carbonyl (C=O) groups is 1. The minimum absolute atomic E-state index is 0.0118. The highest BCUT2D eigenvalue weighted by molar-refractivity contribution is 5.95. The summed E-state index contributed by atoms with van der Waals surface area (Å²) in [5.41, 5.74) is 17.4.